The largest absolute Gasteiger partial charge is 0.486 e. The molecule has 0 fully saturated rings. The Balaban J connectivity index is 2.79. The van der Waals surface area contributed by atoms with Gasteiger partial charge in [-0.15, -0.1) is 0 Å². The van der Waals surface area contributed by atoms with Gasteiger partial charge in [-0.25, -0.2) is 0 Å². The normalized spacial score (nSPS) is 10.0. The van der Waals surface area contributed by atoms with Crippen molar-refractivity contribution in [2.45, 2.75) is 13.0 Å². The first kappa shape index (κ1) is 14.9. The molecule has 7 heteroatoms. The molecular formula is C12H17N3O4. The fraction of sp³-hybridized carbons (Fsp3) is 0.417. The van der Waals surface area contributed by atoms with E-state index < -0.39 is 4.92 Å². The topological polar surface area (TPSA) is 93.5 Å². The van der Waals surface area contributed by atoms with E-state index in [1.807, 2.05) is 0 Å². The summed E-state index contributed by atoms with van der Waals surface area (Å²) in [5.41, 5.74) is 0.778. The molecule has 104 valence electrons. The molecule has 2 N–H and O–H groups in total. The third kappa shape index (κ3) is 4.55. The van der Waals surface area contributed by atoms with Crippen LogP contribution >= 0.6 is 0 Å². The van der Waals surface area contributed by atoms with Gasteiger partial charge in [0.05, 0.1) is 18.0 Å². The molecule has 0 heterocycles. The monoisotopic (exact) mass is 267 g/mol. The molecule has 0 aliphatic rings. The minimum absolute atomic E-state index is 0.100. The quantitative estimate of drug-likeness (QED) is 0.563. The molecule has 0 bridgehead atoms. The number of rotatable bonds is 7. The van der Waals surface area contributed by atoms with E-state index in [0.29, 0.717) is 6.54 Å². The highest BCUT2D eigenvalue weighted by Gasteiger charge is 2.15. The van der Waals surface area contributed by atoms with Crippen LogP contribution < -0.4 is 15.4 Å². The number of ether oxygens (including phenoxy) is 1. The smallest absolute Gasteiger partial charge is 0.310 e. The molecule has 0 radical (unpaired) electrons. The number of hydrogen-bond acceptors (Lipinski definition) is 5. The molecule has 1 rings (SSSR count). The standard InChI is InChI=1S/C12H17N3O4/c1-13-8-9-3-4-10(15(17)18)11(7-9)19-6-5-12(16)14-2/h3-4,7,13H,5-6,8H2,1-2H3,(H,14,16). The second-order valence-electron chi connectivity index (χ2n) is 3.86. The van der Waals surface area contributed by atoms with Crippen LogP contribution in [0.25, 0.3) is 0 Å². The zero-order valence-electron chi connectivity index (χ0n) is 10.9. The zero-order chi connectivity index (χ0) is 14.3. The molecule has 0 aliphatic carbocycles. The average molecular weight is 267 g/mol. The maximum absolute atomic E-state index is 11.1. The number of amides is 1. The van der Waals surface area contributed by atoms with Crippen LogP contribution in [0.1, 0.15) is 12.0 Å². The molecule has 0 spiro atoms. The second-order valence-corrected chi connectivity index (χ2v) is 3.86. The summed E-state index contributed by atoms with van der Waals surface area (Å²) in [6.07, 6.45) is 0.157. The Morgan fingerprint density at radius 1 is 1.42 bits per heavy atom. The van der Waals surface area contributed by atoms with E-state index in [9.17, 15) is 14.9 Å². The van der Waals surface area contributed by atoms with E-state index in [0.717, 1.165) is 5.56 Å². The number of hydrogen-bond donors (Lipinski definition) is 2. The number of benzene rings is 1. The molecule has 0 atom stereocenters. The van der Waals surface area contributed by atoms with Gasteiger partial charge >= 0.3 is 5.69 Å². The van der Waals surface area contributed by atoms with Gasteiger partial charge in [-0.2, -0.15) is 0 Å². The lowest BCUT2D eigenvalue weighted by molar-refractivity contribution is -0.385. The molecule has 7 nitrogen and oxygen atoms in total. The maximum Gasteiger partial charge on any atom is 0.310 e. The molecule has 1 amide bonds. The second kappa shape index (κ2) is 7.32. The summed E-state index contributed by atoms with van der Waals surface area (Å²) < 4.78 is 5.33. The minimum Gasteiger partial charge on any atom is -0.486 e. The van der Waals surface area contributed by atoms with Crippen molar-refractivity contribution in [3.63, 3.8) is 0 Å². The van der Waals surface area contributed by atoms with Crippen LogP contribution in [-0.4, -0.2) is 31.5 Å². The number of carbonyl (C=O) groups excluding carboxylic acids is 1. The van der Waals surface area contributed by atoms with E-state index >= 15 is 0 Å². The fourth-order valence-electron chi connectivity index (χ4n) is 1.52. The highest BCUT2D eigenvalue weighted by Crippen LogP contribution is 2.28. The van der Waals surface area contributed by atoms with Gasteiger partial charge in [0.1, 0.15) is 0 Å². The Kier molecular flexibility index (Phi) is 5.74. The van der Waals surface area contributed by atoms with Crippen LogP contribution in [0, 0.1) is 10.1 Å². The molecule has 19 heavy (non-hydrogen) atoms. The zero-order valence-corrected chi connectivity index (χ0v) is 10.9. The summed E-state index contributed by atoms with van der Waals surface area (Å²) in [5.74, 6) is 0.00989. The van der Waals surface area contributed by atoms with E-state index in [4.69, 9.17) is 4.74 Å². The lowest BCUT2D eigenvalue weighted by Crippen LogP contribution is -2.20. The van der Waals surface area contributed by atoms with Crippen LogP contribution in [0.4, 0.5) is 5.69 Å². The van der Waals surface area contributed by atoms with Crippen molar-refractivity contribution >= 4 is 11.6 Å². The van der Waals surface area contributed by atoms with Gasteiger partial charge in [0, 0.05) is 19.7 Å². The van der Waals surface area contributed by atoms with Crippen molar-refractivity contribution in [1.29, 1.82) is 0 Å². The van der Waals surface area contributed by atoms with Gasteiger partial charge in [0.25, 0.3) is 0 Å². The predicted molar refractivity (Wildman–Crippen MR) is 70.0 cm³/mol. The third-order valence-electron chi connectivity index (χ3n) is 2.47. The highest BCUT2D eigenvalue weighted by atomic mass is 16.6. The van der Waals surface area contributed by atoms with Crippen molar-refractivity contribution in [3.05, 3.63) is 33.9 Å². The molecule has 1 aromatic rings. The summed E-state index contributed by atoms with van der Waals surface area (Å²) in [7, 11) is 3.31. The summed E-state index contributed by atoms with van der Waals surface area (Å²) >= 11 is 0. The molecule has 0 unspecified atom stereocenters. The van der Waals surface area contributed by atoms with E-state index in [-0.39, 0.29) is 30.4 Å². The molecule has 0 saturated carbocycles. The number of nitro groups is 1. The van der Waals surface area contributed by atoms with Crippen LogP contribution in [0.15, 0.2) is 18.2 Å². The van der Waals surface area contributed by atoms with Crippen molar-refractivity contribution in [2.24, 2.45) is 0 Å². The Hall–Kier alpha value is -2.15. The predicted octanol–water partition coefficient (Wildman–Crippen LogP) is 0.829. The summed E-state index contributed by atoms with van der Waals surface area (Å²) in [4.78, 5) is 21.4. The van der Waals surface area contributed by atoms with E-state index in [2.05, 4.69) is 10.6 Å². The molecule has 1 aromatic carbocycles. The Bertz CT molecular complexity index is 462. The maximum atomic E-state index is 11.1. The van der Waals surface area contributed by atoms with Gasteiger partial charge < -0.3 is 15.4 Å². The van der Waals surface area contributed by atoms with Crippen LogP contribution in [0.2, 0.25) is 0 Å². The Morgan fingerprint density at radius 2 is 2.16 bits per heavy atom. The van der Waals surface area contributed by atoms with Gasteiger partial charge in [-0.05, 0) is 18.7 Å². The molecule has 0 saturated heterocycles. The van der Waals surface area contributed by atoms with Crippen LogP contribution in [0.5, 0.6) is 5.75 Å². The van der Waals surface area contributed by atoms with Gasteiger partial charge in [-0.3, -0.25) is 14.9 Å². The third-order valence-corrected chi connectivity index (χ3v) is 2.47. The molecule has 0 aliphatic heterocycles. The fourth-order valence-corrected chi connectivity index (χ4v) is 1.52. The van der Waals surface area contributed by atoms with E-state index in [1.165, 1.54) is 13.1 Å². The summed E-state index contributed by atoms with van der Waals surface area (Å²) in [6.45, 7) is 0.688. The lowest BCUT2D eigenvalue weighted by atomic mass is 10.2. The Labute approximate surface area is 111 Å². The van der Waals surface area contributed by atoms with Gasteiger partial charge in [0.2, 0.25) is 5.91 Å². The van der Waals surface area contributed by atoms with Gasteiger partial charge in [0.15, 0.2) is 5.75 Å². The van der Waals surface area contributed by atoms with Crippen molar-refractivity contribution in [2.75, 3.05) is 20.7 Å². The van der Waals surface area contributed by atoms with Crippen LogP contribution in [-0.2, 0) is 11.3 Å². The minimum atomic E-state index is -0.502. The molecule has 0 aromatic heterocycles. The first-order valence-electron chi connectivity index (χ1n) is 5.83. The SMILES string of the molecule is CNCc1ccc([N+](=O)[O-])c(OCCC(=O)NC)c1. The summed E-state index contributed by atoms with van der Waals surface area (Å²) in [6, 6.07) is 4.68. The first-order chi connectivity index (χ1) is 9.08. The number of nitrogens with one attached hydrogen (secondary N) is 2. The lowest BCUT2D eigenvalue weighted by Gasteiger charge is -2.08. The van der Waals surface area contributed by atoms with Crippen LogP contribution in [0.3, 0.4) is 0 Å². The first-order valence-corrected chi connectivity index (χ1v) is 5.83. The number of nitro benzene ring substituents is 1. The Morgan fingerprint density at radius 3 is 2.74 bits per heavy atom. The van der Waals surface area contributed by atoms with Crippen molar-refractivity contribution in [3.8, 4) is 5.75 Å². The summed E-state index contributed by atoms with van der Waals surface area (Å²) in [5, 5.41) is 16.3. The average Bonchev–Trinajstić information content (AvgIpc) is 2.38. The van der Waals surface area contributed by atoms with E-state index in [1.54, 1.807) is 19.2 Å². The highest BCUT2D eigenvalue weighted by molar-refractivity contribution is 5.75. The van der Waals surface area contributed by atoms with Crippen molar-refractivity contribution in [1.82, 2.24) is 10.6 Å². The number of nitrogens with zero attached hydrogens (tertiary/aromatic N) is 1. The van der Waals surface area contributed by atoms with Gasteiger partial charge in [-0.1, -0.05) is 6.07 Å². The molecular weight excluding hydrogens is 250 g/mol. The number of carbonyl (C=O) groups is 1. The van der Waals surface area contributed by atoms with Crippen molar-refractivity contribution < 1.29 is 14.5 Å².